The molecule has 0 atom stereocenters. The van der Waals surface area contributed by atoms with Crippen molar-refractivity contribution in [1.82, 2.24) is 0 Å². The largest absolute Gasteiger partial charge is 0.322 e. The van der Waals surface area contributed by atoms with E-state index in [1.807, 2.05) is 42.5 Å². The number of benzene rings is 2. The Morgan fingerprint density at radius 3 is 2.39 bits per heavy atom. The molecule has 0 radical (unpaired) electrons. The molecule has 2 nitrogen and oxygen atoms in total. The SMILES string of the molecule is O=C(Nc1ccc(Br)cc1)c1cc(I)ccc1Br. The number of halogens is 3. The van der Waals surface area contributed by atoms with Gasteiger partial charge in [0, 0.05) is 18.2 Å². The van der Waals surface area contributed by atoms with Gasteiger partial charge in [0.2, 0.25) is 0 Å². The van der Waals surface area contributed by atoms with Crippen molar-refractivity contribution in [2.75, 3.05) is 5.32 Å². The van der Waals surface area contributed by atoms with Crippen molar-refractivity contribution in [2.24, 2.45) is 0 Å². The van der Waals surface area contributed by atoms with E-state index in [2.05, 4.69) is 59.8 Å². The normalized spacial score (nSPS) is 10.2. The quantitative estimate of drug-likeness (QED) is 0.597. The van der Waals surface area contributed by atoms with Gasteiger partial charge >= 0.3 is 0 Å². The van der Waals surface area contributed by atoms with Gasteiger partial charge in [0.15, 0.2) is 0 Å². The predicted molar refractivity (Wildman–Crippen MR) is 89.0 cm³/mol. The summed E-state index contributed by atoms with van der Waals surface area (Å²) in [7, 11) is 0. The summed E-state index contributed by atoms with van der Waals surface area (Å²) in [6.45, 7) is 0. The Labute approximate surface area is 136 Å². The number of carbonyl (C=O) groups is 1. The molecule has 0 aromatic heterocycles. The van der Waals surface area contributed by atoms with Gasteiger partial charge in [-0.25, -0.2) is 0 Å². The van der Waals surface area contributed by atoms with E-state index in [1.54, 1.807) is 0 Å². The summed E-state index contributed by atoms with van der Waals surface area (Å²) in [5.41, 5.74) is 1.40. The minimum atomic E-state index is -0.122. The number of rotatable bonds is 2. The minimum Gasteiger partial charge on any atom is -0.322 e. The smallest absolute Gasteiger partial charge is 0.256 e. The van der Waals surface area contributed by atoms with Crippen LogP contribution in [-0.4, -0.2) is 5.91 Å². The summed E-state index contributed by atoms with van der Waals surface area (Å²) in [4.78, 5) is 12.1. The molecule has 2 aromatic rings. The molecular formula is C13H8Br2INO. The van der Waals surface area contributed by atoms with Crippen molar-refractivity contribution in [2.45, 2.75) is 0 Å². The third-order valence-corrected chi connectivity index (χ3v) is 4.17. The summed E-state index contributed by atoms with van der Waals surface area (Å²) in [5, 5.41) is 2.86. The highest BCUT2D eigenvalue weighted by Crippen LogP contribution is 2.21. The molecule has 0 saturated heterocycles. The van der Waals surface area contributed by atoms with Gasteiger partial charge in [-0.15, -0.1) is 0 Å². The molecule has 0 heterocycles. The molecule has 0 saturated carbocycles. The van der Waals surface area contributed by atoms with Crippen molar-refractivity contribution in [3.63, 3.8) is 0 Å². The third-order valence-electron chi connectivity index (χ3n) is 2.28. The Morgan fingerprint density at radius 2 is 1.72 bits per heavy atom. The van der Waals surface area contributed by atoms with Crippen LogP contribution in [0.25, 0.3) is 0 Å². The van der Waals surface area contributed by atoms with Crippen LogP contribution in [0.15, 0.2) is 51.4 Å². The Hall–Kier alpha value is -0.400. The van der Waals surface area contributed by atoms with Crippen LogP contribution in [0, 0.1) is 3.57 Å². The van der Waals surface area contributed by atoms with E-state index in [4.69, 9.17) is 0 Å². The Morgan fingerprint density at radius 1 is 1.06 bits per heavy atom. The maximum Gasteiger partial charge on any atom is 0.256 e. The summed E-state index contributed by atoms with van der Waals surface area (Å²) in [6, 6.07) is 13.1. The van der Waals surface area contributed by atoms with E-state index in [-0.39, 0.29) is 5.91 Å². The lowest BCUT2D eigenvalue weighted by molar-refractivity contribution is 0.102. The van der Waals surface area contributed by atoms with Crippen molar-refractivity contribution in [3.8, 4) is 0 Å². The molecule has 1 N–H and O–H groups in total. The standard InChI is InChI=1S/C13H8Br2INO/c14-8-1-4-10(5-2-8)17-13(18)11-7-9(16)3-6-12(11)15/h1-7H,(H,17,18). The maximum atomic E-state index is 12.1. The Bertz CT molecular complexity index is 584. The summed E-state index contributed by atoms with van der Waals surface area (Å²) in [6.07, 6.45) is 0. The maximum absolute atomic E-state index is 12.1. The monoisotopic (exact) mass is 479 g/mol. The van der Waals surface area contributed by atoms with Gasteiger partial charge in [0.25, 0.3) is 5.91 Å². The van der Waals surface area contributed by atoms with Crippen molar-refractivity contribution < 1.29 is 4.79 Å². The Kier molecular flexibility index (Phi) is 4.80. The average molecular weight is 481 g/mol. The van der Waals surface area contributed by atoms with Gasteiger partial charge in [-0.3, -0.25) is 4.79 Å². The summed E-state index contributed by atoms with van der Waals surface area (Å²) in [5.74, 6) is -0.122. The number of anilines is 1. The molecule has 0 spiro atoms. The number of hydrogen-bond donors (Lipinski definition) is 1. The lowest BCUT2D eigenvalue weighted by Gasteiger charge is -2.07. The Balaban J connectivity index is 2.21. The molecule has 1 amide bonds. The number of nitrogens with one attached hydrogen (secondary N) is 1. The molecule has 5 heteroatoms. The first-order valence-electron chi connectivity index (χ1n) is 5.08. The molecule has 0 bridgehead atoms. The highest BCUT2D eigenvalue weighted by atomic mass is 127. The van der Waals surface area contributed by atoms with Crippen molar-refractivity contribution >= 4 is 66.0 Å². The number of amides is 1. The average Bonchev–Trinajstić information content (AvgIpc) is 2.35. The second kappa shape index (κ2) is 6.16. The molecular weight excluding hydrogens is 473 g/mol. The van der Waals surface area contributed by atoms with Gasteiger partial charge in [-0.05, 0) is 81.0 Å². The number of hydrogen-bond acceptors (Lipinski definition) is 1. The van der Waals surface area contributed by atoms with Gasteiger partial charge < -0.3 is 5.32 Å². The van der Waals surface area contributed by atoms with E-state index in [9.17, 15) is 4.79 Å². The lowest BCUT2D eigenvalue weighted by atomic mass is 10.2. The molecule has 92 valence electrons. The highest BCUT2D eigenvalue weighted by molar-refractivity contribution is 14.1. The van der Waals surface area contributed by atoms with E-state index in [1.165, 1.54) is 0 Å². The van der Waals surface area contributed by atoms with Crippen LogP contribution in [0.1, 0.15) is 10.4 Å². The first-order valence-corrected chi connectivity index (χ1v) is 7.75. The van der Waals surface area contributed by atoms with Crippen LogP contribution in [0.3, 0.4) is 0 Å². The van der Waals surface area contributed by atoms with Crippen LogP contribution in [0.4, 0.5) is 5.69 Å². The minimum absolute atomic E-state index is 0.122. The number of carbonyl (C=O) groups excluding carboxylic acids is 1. The molecule has 0 fully saturated rings. The van der Waals surface area contributed by atoms with E-state index in [0.29, 0.717) is 5.56 Å². The van der Waals surface area contributed by atoms with Crippen molar-refractivity contribution in [3.05, 3.63) is 60.5 Å². The van der Waals surface area contributed by atoms with Crippen LogP contribution in [-0.2, 0) is 0 Å². The zero-order valence-electron chi connectivity index (χ0n) is 9.08. The first kappa shape index (κ1) is 14.0. The van der Waals surface area contributed by atoms with Gasteiger partial charge in [-0.2, -0.15) is 0 Å². The van der Waals surface area contributed by atoms with E-state index in [0.717, 1.165) is 18.2 Å². The van der Waals surface area contributed by atoms with Crippen molar-refractivity contribution in [1.29, 1.82) is 0 Å². The van der Waals surface area contributed by atoms with Gasteiger partial charge in [0.1, 0.15) is 0 Å². The zero-order valence-corrected chi connectivity index (χ0v) is 14.4. The second-order valence-electron chi connectivity index (χ2n) is 3.59. The van der Waals surface area contributed by atoms with E-state index < -0.39 is 0 Å². The fraction of sp³-hybridized carbons (Fsp3) is 0. The van der Waals surface area contributed by atoms with Gasteiger partial charge in [0.05, 0.1) is 5.56 Å². The lowest BCUT2D eigenvalue weighted by Crippen LogP contribution is -2.12. The highest BCUT2D eigenvalue weighted by Gasteiger charge is 2.10. The van der Waals surface area contributed by atoms with Gasteiger partial charge in [-0.1, -0.05) is 15.9 Å². The first-order chi connectivity index (χ1) is 8.56. The fourth-order valence-corrected chi connectivity index (χ4v) is 2.59. The second-order valence-corrected chi connectivity index (χ2v) is 6.60. The van der Waals surface area contributed by atoms with Crippen LogP contribution >= 0.6 is 54.5 Å². The molecule has 0 aliphatic carbocycles. The molecule has 0 aliphatic rings. The van der Waals surface area contributed by atoms with Crippen LogP contribution in [0.2, 0.25) is 0 Å². The summed E-state index contributed by atoms with van der Waals surface area (Å²) < 4.78 is 2.80. The molecule has 2 rings (SSSR count). The fourth-order valence-electron chi connectivity index (χ4n) is 1.40. The predicted octanol–water partition coefficient (Wildman–Crippen LogP) is 5.07. The van der Waals surface area contributed by atoms with E-state index >= 15 is 0 Å². The zero-order chi connectivity index (χ0) is 13.1. The topological polar surface area (TPSA) is 29.1 Å². The molecule has 2 aromatic carbocycles. The summed E-state index contributed by atoms with van der Waals surface area (Å²) >= 11 is 8.92. The molecule has 0 unspecified atom stereocenters. The molecule has 18 heavy (non-hydrogen) atoms. The third kappa shape index (κ3) is 3.55. The van der Waals surface area contributed by atoms with Crippen LogP contribution < -0.4 is 5.32 Å². The molecule has 0 aliphatic heterocycles. The van der Waals surface area contributed by atoms with Crippen LogP contribution in [0.5, 0.6) is 0 Å².